The van der Waals surface area contributed by atoms with E-state index in [0.717, 1.165) is 38.2 Å². The lowest BCUT2D eigenvalue weighted by Crippen LogP contribution is -2.26. The van der Waals surface area contributed by atoms with Gasteiger partial charge in [0.25, 0.3) is 0 Å². The van der Waals surface area contributed by atoms with Crippen LogP contribution in [0.5, 0.6) is 0 Å². The van der Waals surface area contributed by atoms with E-state index in [0.29, 0.717) is 30.9 Å². The van der Waals surface area contributed by atoms with Crippen molar-refractivity contribution in [1.82, 2.24) is 0 Å². The van der Waals surface area contributed by atoms with E-state index in [1.807, 2.05) is 13.0 Å². The molecule has 0 radical (unpaired) electrons. The van der Waals surface area contributed by atoms with Gasteiger partial charge in [-0.05, 0) is 73.6 Å². The molecule has 1 fully saturated rings. The van der Waals surface area contributed by atoms with E-state index >= 15 is 13.2 Å². The molecule has 2 unspecified atom stereocenters. The summed E-state index contributed by atoms with van der Waals surface area (Å²) in [5.41, 5.74) is -0.0665. The van der Waals surface area contributed by atoms with Crippen molar-refractivity contribution in [3.05, 3.63) is 95.3 Å². The number of hydrogen-bond acceptors (Lipinski definition) is 1. The number of hydrogen-bond donors (Lipinski definition) is 0. The second-order valence-corrected chi connectivity index (χ2v) is 10.0. The number of ether oxygens (including phenoxy) is 1. The van der Waals surface area contributed by atoms with Gasteiger partial charge in [-0.15, -0.1) is 6.58 Å². The Morgan fingerprint density at radius 3 is 2.11 bits per heavy atom. The molecule has 2 atom stereocenters. The van der Waals surface area contributed by atoms with Gasteiger partial charge in [0.05, 0.1) is 6.10 Å². The van der Waals surface area contributed by atoms with E-state index in [4.69, 9.17) is 4.74 Å². The minimum absolute atomic E-state index is 0.0166. The fourth-order valence-corrected chi connectivity index (χ4v) is 5.14. The Hall–Kier alpha value is -2.99. The summed E-state index contributed by atoms with van der Waals surface area (Å²) in [7, 11) is 0. The highest BCUT2D eigenvalue weighted by molar-refractivity contribution is 5.72. The van der Waals surface area contributed by atoms with Crippen LogP contribution in [0.15, 0.2) is 55.1 Å². The summed E-state index contributed by atoms with van der Waals surface area (Å²) < 4.78 is 80.3. The Morgan fingerprint density at radius 2 is 1.45 bits per heavy atom. The van der Waals surface area contributed by atoms with E-state index in [1.54, 1.807) is 6.07 Å². The number of aryl methyl sites for hydroxylation is 2. The predicted octanol–water partition coefficient (Wildman–Crippen LogP) is 9.36. The zero-order chi connectivity index (χ0) is 27.2. The molecule has 1 aliphatic heterocycles. The van der Waals surface area contributed by atoms with Gasteiger partial charge in [0.2, 0.25) is 0 Å². The van der Waals surface area contributed by atoms with Gasteiger partial charge < -0.3 is 4.74 Å². The lowest BCUT2D eigenvalue weighted by molar-refractivity contribution is -0.0212. The average Bonchev–Trinajstić information content (AvgIpc) is 2.92. The van der Waals surface area contributed by atoms with Crippen molar-refractivity contribution in [1.29, 1.82) is 0 Å². The van der Waals surface area contributed by atoms with Gasteiger partial charge in [-0.2, -0.15) is 0 Å². The number of allylic oxidation sites excluding steroid dienone is 1. The van der Waals surface area contributed by atoms with Crippen molar-refractivity contribution in [3.8, 4) is 22.3 Å². The first-order valence-corrected chi connectivity index (χ1v) is 13.3. The van der Waals surface area contributed by atoms with Gasteiger partial charge >= 0.3 is 0 Å². The molecule has 0 N–H and O–H groups in total. The third-order valence-electron chi connectivity index (χ3n) is 7.40. The Labute approximate surface area is 221 Å². The van der Waals surface area contributed by atoms with Crippen LogP contribution in [0, 0.1) is 35.0 Å². The van der Waals surface area contributed by atoms with Crippen LogP contribution in [-0.2, 0) is 17.6 Å². The smallest absolute Gasteiger partial charge is 0.167 e. The van der Waals surface area contributed by atoms with E-state index in [2.05, 4.69) is 6.58 Å². The molecule has 1 heterocycles. The van der Waals surface area contributed by atoms with E-state index in [1.165, 1.54) is 30.3 Å². The Morgan fingerprint density at radius 1 is 0.789 bits per heavy atom. The maximum atomic E-state index is 15.1. The van der Waals surface area contributed by atoms with Crippen LogP contribution in [0.1, 0.15) is 56.6 Å². The fourth-order valence-electron chi connectivity index (χ4n) is 5.14. The molecule has 202 valence electrons. The third-order valence-corrected chi connectivity index (χ3v) is 7.40. The van der Waals surface area contributed by atoms with Crippen molar-refractivity contribution < 1.29 is 26.7 Å². The lowest BCUT2D eigenvalue weighted by atomic mass is 9.91. The van der Waals surface area contributed by atoms with Crippen molar-refractivity contribution in [2.45, 2.75) is 64.4 Å². The molecule has 6 heteroatoms. The van der Waals surface area contributed by atoms with Crippen LogP contribution in [-0.4, -0.2) is 12.7 Å². The highest BCUT2D eigenvalue weighted by atomic mass is 19.2. The SMILES string of the molecule is C=CCCC1CCC(CCc2ccc(-c3ccc(-c4ccc(CCC)c(F)c4)c(F)c3F)c(F)c2F)OC1. The largest absolute Gasteiger partial charge is 0.378 e. The Kier molecular flexibility index (Phi) is 9.37. The summed E-state index contributed by atoms with van der Waals surface area (Å²) >= 11 is 0. The second-order valence-electron chi connectivity index (χ2n) is 10.0. The summed E-state index contributed by atoms with van der Waals surface area (Å²) in [6.45, 7) is 6.32. The molecule has 0 aliphatic carbocycles. The summed E-state index contributed by atoms with van der Waals surface area (Å²) in [4.78, 5) is 0. The second kappa shape index (κ2) is 12.7. The molecule has 1 nitrogen and oxygen atoms in total. The van der Waals surface area contributed by atoms with Gasteiger partial charge in [-0.25, -0.2) is 22.0 Å². The maximum Gasteiger partial charge on any atom is 0.167 e. The first-order valence-electron chi connectivity index (χ1n) is 13.3. The van der Waals surface area contributed by atoms with Gasteiger partial charge in [0.15, 0.2) is 23.3 Å². The van der Waals surface area contributed by atoms with Crippen LogP contribution >= 0.6 is 0 Å². The highest BCUT2D eigenvalue weighted by Crippen LogP contribution is 2.35. The van der Waals surface area contributed by atoms with E-state index < -0.39 is 34.6 Å². The number of rotatable bonds is 10. The van der Waals surface area contributed by atoms with Crippen molar-refractivity contribution in [2.75, 3.05) is 6.61 Å². The van der Waals surface area contributed by atoms with Crippen LogP contribution in [0.4, 0.5) is 22.0 Å². The topological polar surface area (TPSA) is 9.23 Å². The molecular formula is C32H33F5O. The number of benzene rings is 3. The molecule has 0 saturated carbocycles. The molecule has 1 saturated heterocycles. The molecule has 3 aromatic carbocycles. The Balaban J connectivity index is 1.49. The zero-order valence-corrected chi connectivity index (χ0v) is 21.6. The molecule has 0 aromatic heterocycles. The van der Waals surface area contributed by atoms with Gasteiger partial charge in [-0.1, -0.05) is 55.8 Å². The normalized spacial score (nSPS) is 17.5. The van der Waals surface area contributed by atoms with Gasteiger partial charge in [-0.3, -0.25) is 0 Å². The van der Waals surface area contributed by atoms with E-state index in [-0.39, 0.29) is 34.8 Å². The zero-order valence-electron chi connectivity index (χ0n) is 21.6. The van der Waals surface area contributed by atoms with Gasteiger partial charge in [0.1, 0.15) is 5.82 Å². The molecular weight excluding hydrogens is 495 g/mol. The lowest BCUT2D eigenvalue weighted by Gasteiger charge is -2.29. The molecule has 38 heavy (non-hydrogen) atoms. The summed E-state index contributed by atoms with van der Waals surface area (Å²) in [6, 6.07) is 9.38. The van der Waals surface area contributed by atoms with Crippen LogP contribution in [0.3, 0.4) is 0 Å². The van der Waals surface area contributed by atoms with Crippen molar-refractivity contribution in [2.24, 2.45) is 5.92 Å². The van der Waals surface area contributed by atoms with Crippen LogP contribution < -0.4 is 0 Å². The molecule has 0 spiro atoms. The molecule has 1 aliphatic rings. The van der Waals surface area contributed by atoms with Crippen LogP contribution in [0.25, 0.3) is 22.3 Å². The summed E-state index contributed by atoms with van der Waals surface area (Å²) in [5, 5.41) is 0. The molecule has 4 rings (SSSR count). The first kappa shape index (κ1) is 28.0. The summed E-state index contributed by atoms with van der Waals surface area (Å²) in [5.74, 6) is -4.85. The van der Waals surface area contributed by atoms with E-state index in [9.17, 15) is 8.78 Å². The minimum Gasteiger partial charge on any atom is -0.378 e. The highest BCUT2D eigenvalue weighted by Gasteiger charge is 2.24. The van der Waals surface area contributed by atoms with Gasteiger partial charge in [0, 0.05) is 23.3 Å². The third kappa shape index (κ3) is 6.17. The van der Waals surface area contributed by atoms with Crippen LogP contribution in [0.2, 0.25) is 0 Å². The molecule has 0 amide bonds. The summed E-state index contributed by atoms with van der Waals surface area (Å²) in [6.07, 6.45) is 7.89. The molecule has 0 bridgehead atoms. The fraction of sp³-hybridized carbons (Fsp3) is 0.375. The van der Waals surface area contributed by atoms with Crippen molar-refractivity contribution >= 4 is 0 Å². The maximum absolute atomic E-state index is 15.1. The Bertz CT molecular complexity index is 1280. The standard InChI is InChI=1S/C32H33F5O/c1-3-5-7-20-8-13-24(38-19-20)14-11-22-12-15-26(31(36)29(22)34)27-17-16-25(30(35)32(27)37)23-10-9-21(6-4-2)28(33)18-23/h3,9-10,12,15-18,20,24H,1,4-8,11,13-14,19H2,2H3. The first-order chi connectivity index (χ1) is 18.3. The number of halogens is 5. The predicted molar refractivity (Wildman–Crippen MR) is 141 cm³/mol. The monoisotopic (exact) mass is 528 g/mol. The average molecular weight is 529 g/mol. The quantitative estimate of drug-likeness (QED) is 0.188. The minimum atomic E-state index is -1.31. The van der Waals surface area contributed by atoms with Crippen molar-refractivity contribution in [3.63, 3.8) is 0 Å². The molecule has 3 aromatic rings.